The summed E-state index contributed by atoms with van der Waals surface area (Å²) in [6.45, 7) is 10.0. The molecule has 0 saturated heterocycles. The molecule has 0 saturated carbocycles. The van der Waals surface area contributed by atoms with Crippen molar-refractivity contribution in [2.24, 2.45) is 0 Å². The van der Waals surface area contributed by atoms with Gasteiger partial charge >= 0.3 is 23.1 Å². The van der Waals surface area contributed by atoms with Crippen LogP contribution in [-0.2, 0) is 4.74 Å². The van der Waals surface area contributed by atoms with Crippen LogP contribution in [0.25, 0.3) is 0 Å². The monoisotopic (exact) mass is 172 g/mol. The van der Waals surface area contributed by atoms with E-state index in [9.17, 15) is 0 Å². The van der Waals surface area contributed by atoms with E-state index in [4.69, 9.17) is 4.74 Å². The maximum Gasteiger partial charge on any atom is 2.00 e. The van der Waals surface area contributed by atoms with Crippen molar-refractivity contribution in [3.63, 3.8) is 0 Å². The molecule has 0 aliphatic carbocycles. The SMILES string of the molecule is CCCOC[Si](C)(C)C.[H-].[H-].[Mg+2]. The van der Waals surface area contributed by atoms with Crippen molar-refractivity contribution < 1.29 is 7.59 Å². The molecule has 0 aliphatic rings. The van der Waals surface area contributed by atoms with E-state index in [0.717, 1.165) is 19.3 Å². The Balaban J connectivity index is -0.000000107. The van der Waals surface area contributed by atoms with E-state index >= 15 is 0 Å². The first-order valence-electron chi connectivity index (χ1n) is 3.64. The second-order valence-corrected chi connectivity index (χ2v) is 9.02. The third kappa shape index (κ3) is 11.7. The second-order valence-electron chi connectivity index (χ2n) is 3.61. The Kier molecular flexibility index (Phi) is 8.98. The molecule has 0 unspecified atom stereocenters. The summed E-state index contributed by atoms with van der Waals surface area (Å²) >= 11 is 0. The van der Waals surface area contributed by atoms with Gasteiger partial charge in [-0.15, -0.1) is 0 Å². The predicted molar refractivity (Wildman–Crippen MR) is 52.4 cm³/mol. The summed E-state index contributed by atoms with van der Waals surface area (Å²) < 4.78 is 5.41. The Morgan fingerprint density at radius 1 is 1.30 bits per heavy atom. The fourth-order valence-corrected chi connectivity index (χ4v) is 1.28. The first-order chi connectivity index (χ1) is 4.06. The van der Waals surface area contributed by atoms with Gasteiger partial charge in [-0.25, -0.2) is 0 Å². The number of hydrogen-bond acceptors (Lipinski definition) is 1. The summed E-state index contributed by atoms with van der Waals surface area (Å²) in [5.41, 5.74) is 0. The maximum atomic E-state index is 5.41. The van der Waals surface area contributed by atoms with Gasteiger partial charge in [-0.3, -0.25) is 0 Å². The summed E-state index contributed by atoms with van der Waals surface area (Å²) in [5, 5.41) is 0. The van der Waals surface area contributed by atoms with Crippen LogP contribution in [0.4, 0.5) is 0 Å². The molecule has 0 aromatic rings. The Bertz CT molecular complexity index is 78.3. The molecule has 0 radical (unpaired) electrons. The van der Waals surface area contributed by atoms with Gasteiger partial charge in [-0.05, 0) is 6.42 Å². The van der Waals surface area contributed by atoms with Gasteiger partial charge in [-0.1, -0.05) is 26.6 Å². The topological polar surface area (TPSA) is 9.23 Å². The number of rotatable bonds is 4. The van der Waals surface area contributed by atoms with Crippen molar-refractivity contribution in [1.29, 1.82) is 0 Å². The molecule has 0 atom stereocenters. The van der Waals surface area contributed by atoms with Crippen molar-refractivity contribution >= 4 is 31.1 Å². The Labute approximate surface area is 84.7 Å². The minimum Gasteiger partial charge on any atom is -1.00 e. The van der Waals surface area contributed by atoms with Crippen LogP contribution < -0.4 is 0 Å². The van der Waals surface area contributed by atoms with Crippen LogP contribution in [0.15, 0.2) is 0 Å². The largest absolute Gasteiger partial charge is 2.00 e. The molecule has 60 valence electrons. The standard InChI is InChI=1S/C7H18OSi.Mg.2H/c1-5-6-8-7-9(2,3)4;;;/h5-7H2,1-4H3;;;/q;+2;2*-1. The molecule has 0 bridgehead atoms. The molecule has 0 heterocycles. The minimum atomic E-state index is -0.917. The molecule has 0 aromatic heterocycles. The van der Waals surface area contributed by atoms with E-state index in [1.165, 1.54) is 0 Å². The van der Waals surface area contributed by atoms with E-state index in [1.807, 2.05) is 0 Å². The second kappa shape index (κ2) is 6.64. The molecule has 0 aliphatic heterocycles. The summed E-state index contributed by atoms with van der Waals surface area (Å²) in [6.07, 6.45) is 2.16. The molecule has 0 aromatic carbocycles. The summed E-state index contributed by atoms with van der Waals surface area (Å²) in [6, 6.07) is 0. The zero-order chi connectivity index (χ0) is 7.33. The van der Waals surface area contributed by atoms with E-state index < -0.39 is 8.07 Å². The fourth-order valence-electron chi connectivity index (χ4n) is 0.523. The van der Waals surface area contributed by atoms with Crippen LogP contribution in [0.1, 0.15) is 16.2 Å². The van der Waals surface area contributed by atoms with Gasteiger partial charge in [0.2, 0.25) is 0 Å². The molecule has 0 amide bonds. The van der Waals surface area contributed by atoms with Gasteiger partial charge in [0.1, 0.15) is 0 Å². The Hall–Kier alpha value is 0.943. The average molecular weight is 173 g/mol. The van der Waals surface area contributed by atoms with E-state index in [-0.39, 0.29) is 25.9 Å². The van der Waals surface area contributed by atoms with Crippen molar-refractivity contribution in [1.82, 2.24) is 0 Å². The van der Waals surface area contributed by atoms with Crippen LogP contribution in [0.2, 0.25) is 19.6 Å². The van der Waals surface area contributed by atoms with Crippen molar-refractivity contribution in [2.45, 2.75) is 33.0 Å². The van der Waals surface area contributed by atoms with E-state index in [2.05, 4.69) is 26.6 Å². The molecule has 10 heavy (non-hydrogen) atoms. The van der Waals surface area contributed by atoms with E-state index in [1.54, 1.807) is 0 Å². The van der Waals surface area contributed by atoms with E-state index in [0.29, 0.717) is 0 Å². The zero-order valence-electron chi connectivity index (χ0n) is 9.74. The van der Waals surface area contributed by atoms with Crippen LogP contribution >= 0.6 is 0 Å². The van der Waals surface area contributed by atoms with Gasteiger partial charge < -0.3 is 7.59 Å². The normalized spacial score (nSPS) is 10.8. The third-order valence-electron chi connectivity index (χ3n) is 0.884. The molecular formula is C7H20MgOSi. The van der Waals surface area contributed by atoms with Gasteiger partial charge in [0.05, 0.1) is 8.07 Å². The van der Waals surface area contributed by atoms with Gasteiger partial charge in [0.15, 0.2) is 0 Å². The van der Waals surface area contributed by atoms with Crippen molar-refractivity contribution in [3.8, 4) is 0 Å². The predicted octanol–water partition coefficient (Wildman–Crippen LogP) is 2.13. The minimum absolute atomic E-state index is 0. The molecule has 0 fully saturated rings. The van der Waals surface area contributed by atoms with Gasteiger partial charge in [0, 0.05) is 12.8 Å². The maximum absolute atomic E-state index is 5.41. The fraction of sp³-hybridized carbons (Fsp3) is 1.00. The van der Waals surface area contributed by atoms with Crippen LogP contribution in [0.5, 0.6) is 0 Å². The van der Waals surface area contributed by atoms with Crippen LogP contribution in [0.3, 0.4) is 0 Å². The summed E-state index contributed by atoms with van der Waals surface area (Å²) in [7, 11) is -0.917. The summed E-state index contributed by atoms with van der Waals surface area (Å²) in [4.78, 5) is 0. The van der Waals surface area contributed by atoms with Crippen molar-refractivity contribution in [3.05, 3.63) is 0 Å². The zero-order valence-corrected chi connectivity index (χ0v) is 10.2. The molecule has 3 heteroatoms. The van der Waals surface area contributed by atoms with Crippen LogP contribution in [0, 0.1) is 0 Å². The molecule has 0 rings (SSSR count). The average Bonchev–Trinajstić information content (AvgIpc) is 1.63. The smallest absolute Gasteiger partial charge is 1.00 e. The molecule has 0 N–H and O–H groups in total. The number of hydrogen-bond donors (Lipinski definition) is 0. The van der Waals surface area contributed by atoms with Crippen molar-refractivity contribution in [2.75, 3.05) is 12.8 Å². The summed E-state index contributed by atoms with van der Waals surface area (Å²) in [5.74, 6) is 0. The molecule has 1 nitrogen and oxygen atoms in total. The van der Waals surface area contributed by atoms with Crippen LogP contribution in [-0.4, -0.2) is 44.0 Å². The first-order valence-corrected chi connectivity index (χ1v) is 7.35. The number of ether oxygens (including phenoxy) is 1. The Morgan fingerprint density at radius 3 is 2.10 bits per heavy atom. The first kappa shape index (κ1) is 13.5. The van der Waals surface area contributed by atoms with Gasteiger partial charge in [-0.2, -0.15) is 0 Å². The molecule has 0 spiro atoms. The molecular weight excluding hydrogens is 152 g/mol. The quantitative estimate of drug-likeness (QED) is 0.467. The third-order valence-corrected chi connectivity index (χ3v) is 1.95. The Morgan fingerprint density at radius 2 is 1.80 bits per heavy atom. The van der Waals surface area contributed by atoms with Gasteiger partial charge in [0.25, 0.3) is 0 Å².